The van der Waals surface area contributed by atoms with E-state index in [2.05, 4.69) is 5.32 Å². The van der Waals surface area contributed by atoms with Gasteiger partial charge < -0.3 is 10.1 Å². The van der Waals surface area contributed by atoms with Gasteiger partial charge in [-0.3, -0.25) is 4.79 Å². The molecule has 0 unspecified atom stereocenters. The van der Waals surface area contributed by atoms with Crippen molar-refractivity contribution in [3.05, 3.63) is 78.1 Å². The summed E-state index contributed by atoms with van der Waals surface area (Å²) in [6.07, 6.45) is 0. The molecule has 4 heteroatoms. The van der Waals surface area contributed by atoms with Gasteiger partial charge in [0.1, 0.15) is 6.61 Å². The molecule has 0 aromatic heterocycles. The molecule has 3 aromatic carbocycles. The van der Waals surface area contributed by atoms with Crippen molar-refractivity contribution in [1.82, 2.24) is 5.32 Å². The van der Waals surface area contributed by atoms with Crippen molar-refractivity contribution in [3.63, 3.8) is 0 Å². The summed E-state index contributed by atoms with van der Waals surface area (Å²) < 4.78 is 18.7. The second-order valence-corrected chi connectivity index (χ2v) is 5.10. The van der Waals surface area contributed by atoms with Gasteiger partial charge in [0, 0.05) is 5.56 Å². The molecule has 0 aliphatic heterocycles. The summed E-state index contributed by atoms with van der Waals surface area (Å²) >= 11 is 0. The van der Waals surface area contributed by atoms with E-state index in [0.717, 1.165) is 10.8 Å². The third-order valence-electron chi connectivity index (χ3n) is 3.49. The molecule has 1 N–H and O–H groups in total. The molecule has 0 spiro atoms. The summed E-state index contributed by atoms with van der Waals surface area (Å²) in [5, 5.41) is 4.87. The number of benzene rings is 3. The summed E-state index contributed by atoms with van der Waals surface area (Å²) in [4.78, 5) is 12.1. The Morgan fingerprint density at radius 2 is 1.70 bits per heavy atom. The van der Waals surface area contributed by atoms with Crippen LogP contribution in [0, 0.1) is 5.82 Å². The van der Waals surface area contributed by atoms with Crippen LogP contribution in [0.5, 0.6) is 5.75 Å². The number of rotatable bonds is 5. The van der Waals surface area contributed by atoms with Gasteiger partial charge in [0.2, 0.25) is 0 Å². The number of halogens is 1. The Kier molecular flexibility index (Phi) is 4.52. The topological polar surface area (TPSA) is 38.3 Å². The second-order valence-electron chi connectivity index (χ2n) is 5.10. The van der Waals surface area contributed by atoms with Gasteiger partial charge in [-0.05, 0) is 35.0 Å². The second kappa shape index (κ2) is 6.92. The molecule has 3 nitrogen and oxygen atoms in total. The standard InChI is InChI=1S/C19H16FNO2/c20-17-7-3-4-8-18(17)23-12-11-21-19(22)16-10-9-14-5-1-2-6-15(14)13-16/h1-10,13H,11-12H2,(H,21,22). The Morgan fingerprint density at radius 1 is 0.957 bits per heavy atom. The molecule has 0 bridgehead atoms. The molecule has 23 heavy (non-hydrogen) atoms. The number of carbonyl (C=O) groups excluding carboxylic acids is 1. The van der Waals surface area contributed by atoms with Crippen molar-refractivity contribution in [1.29, 1.82) is 0 Å². The van der Waals surface area contributed by atoms with E-state index in [1.54, 1.807) is 24.3 Å². The highest BCUT2D eigenvalue weighted by atomic mass is 19.1. The minimum atomic E-state index is -0.409. The number of hydrogen-bond acceptors (Lipinski definition) is 2. The number of ether oxygens (including phenoxy) is 1. The van der Waals surface area contributed by atoms with Crippen LogP contribution in [-0.2, 0) is 0 Å². The fourth-order valence-corrected chi connectivity index (χ4v) is 2.32. The molecule has 0 atom stereocenters. The summed E-state index contributed by atoms with van der Waals surface area (Å²) in [6.45, 7) is 0.514. The number of amides is 1. The molecule has 3 rings (SSSR count). The van der Waals surface area contributed by atoms with Crippen molar-refractivity contribution < 1.29 is 13.9 Å². The molecule has 3 aromatic rings. The Morgan fingerprint density at radius 3 is 2.52 bits per heavy atom. The fourth-order valence-electron chi connectivity index (χ4n) is 2.32. The quantitative estimate of drug-likeness (QED) is 0.728. The maximum absolute atomic E-state index is 13.4. The predicted molar refractivity (Wildman–Crippen MR) is 88.2 cm³/mol. The molecule has 0 radical (unpaired) electrons. The van der Waals surface area contributed by atoms with Crippen LogP contribution < -0.4 is 10.1 Å². The van der Waals surface area contributed by atoms with Crippen molar-refractivity contribution >= 4 is 16.7 Å². The lowest BCUT2D eigenvalue weighted by molar-refractivity contribution is 0.0947. The predicted octanol–water partition coefficient (Wildman–Crippen LogP) is 3.79. The van der Waals surface area contributed by atoms with Crippen LogP contribution in [0.3, 0.4) is 0 Å². The Labute approximate surface area is 133 Å². The van der Waals surface area contributed by atoms with E-state index in [0.29, 0.717) is 12.1 Å². The van der Waals surface area contributed by atoms with Gasteiger partial charge in [0.25, 0.3) is 5.91 Å². The summed E-state index contributed by atoms with van der Waals surface area (Å²) in [7, 11) is 0. The Hall–Kier alpha value is -2.88. The van der Waals surface area contributed by atoms with Gasteiger partial charge in [-0.2, -0.15) is 0 Å². The minimum absolute atomic E-state index is 0.173. The van der Waals surface area contributed by atoms with E-state index in [9.17, 15) is 9.18 Å². The lowest BCUT2D eigenvalue weighted by Gasteiger charge is -2.09. The lowest BCUT2D eigenvalue weighted by Crippen LogP contribution is -2.28. The fraction of sp³-hybridized carbons (Fsp3) is 0.105. The molecule has 0 fully saturated rings. The van der Waals surface area contributed by atoms with Crippen LogP contribution in [-0.4, -0.2) is 19.1 Å². The number of fused-ring (bicyclic) bond motifs is 1. The molecule has 0 saturated carbocycles. The van der Waals surface area contributed by atoms with E-state index < -0.39 is 5.82 Å². The molecule has 0 aliphatic carbocycles. The zero-order chi connectivity index (χ0) is 16.1. The molecular weight excluding hydrogens is 293 g/mol. The summed E-state index contributed by atoms with van der Waals surface area (Å²) in [6, 6.07) is 19.6. The van der Waals surface area contributed by atoms with Crippen LogP contribution in [0.4, 0.5) is 4.39 Å². The average Bonchev–Trinajstić information content (AvgIpc) is 2.59. The smallest absolute Gasteiger partial charge is 0.251 e. The first-order valence-corrected chi connectivity index (χ1v) is 7.38. The van der Waals surface area contributed by atoms with Crippen LogP contribution in [0.1, 0.15) is 10.4 Å². The SMILES string of the molecule is O=C(NCCOc1ccccc1F)c1ccc2ccccc2c1. The molecular formula is C19H16FNO2. The van der Waals surface area contributed by atoms with Gasteiger partial charge in [0.05, 0.1) is 6.54 Å². The molecule has 0 saturated heterocycles. The highest BCUT2D eigenvalue weighted by Crippen LogP contribution is 2.16. The first-order valence-electron chi connectivity index (χ1n) is 7.38. The van der Waals surface area contributed by atoms with Crippen LogP contribution in [0.15, 0.2) is 66.7 Å². The zero-order valence-corrected chi connectivity index (χ0v) is 12.5. The molecule has 0 aliphatic rings. The van der Waals surface area contributed by atoms with Crippen molar-refractivity contribution in [3.8, 4) is 5.75 Å². The minimum Gasteiger partial charge on any atom is -0.489 e. The largest absolute Gasteiger partial charge is 0.489 e. The number of para-hydroxylation sites is 1. The average molecular weight is 309 g/mol. The van der Waals surface area contributed by atoms with Gasteiger partial charge in [-0.25, -0.2) is 4.39 Å². The maximum atomic E-state index is 13.4. The number of carbonyl (C=O) groups is 1. The normalized spacial score (nSPS) is 10.5. The summed E-state index contributed by atoms with van der Waals surface area (Å²) in [5.74, 6) is -0.395. The van der Waals surface area contributed by atoms with E-state index in [1.165, 1.54) is 6.07 Å². The van der Waals surface area contributed by atoms with E-state index in [4.69, 9.17) is 4.74 Å². The number of hydrogen-bond donors (Lipinski definition) is 1. The molecule has 1 amide bonds. The Bertz CT molecular complexity index is 832. The third kappa shape index (κ3) is 3.66. The van der Waals surface area contributed by atoms with Gasteiger partial charge >= 0.3 is 0 Å². The summed E-state index contributed by atoms with van der Waals surface area (Å²) in [5.41, 5.74) is 0.592. The first kappa shape index (κ1) is 15.0. The van der Waals surface area contributed by atoms with Crippen LogP contribution in [0.2, 0.25) is 0 Å². The zero-order valence-electron chi connectivity index (χ0n) is 12.5. The lowest BCUT2D eigenvalue weighted by atomic mass is 10.1. The van der Waals surface area contributed by atoms with Gasteiger partial charge in [-0.1, -0.05) is 42.5 Å². The van der Waals surface area contributed by atoms with Crippen molar-refractivity contribution in [2.75, 3.05) is 13.2 Å². The maximum Gasteiger partial charge on any atom is 0.251 e. The Balaban J connectivity index is 1.55. The highest BCUT2D eigenvalue weighted by molar-refractivity contribution is 5.98. The van der Waals surface area contributed by atoms with Crippen LogP contribution in [0.25, 0.3) is 10.8 Å². The molecule has 0 heterocycles. The van der Waals surface area contributed by atoms with E-state index >= 15 is 0 Å². The highest BCUT2D eigenvalue weighted by Gasteiger charge is 2.06. The van der Waals surface area contributed by atoms with Crippen LogP contribution >= 0.6 is 0 Å². The number of nitrogens with one attached hydrogen (secondary N) is 1. The van der Waals surface area contributed by atoms with Gasteiger partial charge in [-0.15, -0.1) is 0 Å². The third-order valence-corrected chi connectivity index (χ3v) is 3.49. The van der Waals surface area contributed by atoms with Crippen molar-refractivity contribution in [2.24, 2.45) is 0 Å². The monoisotopic (exact) mass is 309 g/mol. The first-order chi connectivity index (χ1) is 11.2. The van der Waals surface area contributed by atoms with E-state index in [1.807, 2.05) is 36.4 Å². The molecule has 116 valence electrons. The van der Waals surface area contributed by atoms with Gasteiger partial charge in [0.15, 0.2) is 11.6 Å². The van der Waals surface area contributed by atoms with Crippen molar-refractivity contribution in [2.45, 2.75) is 0 Å². The van der Waals surface area contributed by atoms with E-state index in [-0.39, 0.29) is 18.3 Å².